The Morgan fingerprint density at radius 3 is 2.30 bits per heavy atom. The molecule has 10 heterocycles. The third kappa shape index (κ3) is 11.4. The van der Waals surface area contributed by atoms with Crippen molar-refractivity contribution in [2.24, 2.45) is 11.8 Å². The van der Waals surface area contributed by atoms with E-state index < -0.39 is 66.3 Å². The number of Topliss-reactive ketones (excluding diaryl/α,β-unsaturated/α-hetero) is 1. The van der Waals surface area contributed by atoms with Crippen LogP contribution in [0.15, 0.2) is 36.5 Å². The smallest absolute Gasteiger partial charge is 0.247 e. The predicted molar refractivity (Wildman–Crippen MR) is 259 cm³/mol. The molecule has 0 radical (unpaired) electrons. The molecule has 17 heteroatoms. The fourth-order valence-electron chi connectivity index (χ4n) is 13.2. The van der Waals surface area contributed by atoms with E-state index in [1.807, 2.05) is 6.92 Å². The summed E-state index contributed by atoms with van der Waals surface area (Å²) in [5.74, 6) is -2.30. The summed E-state index contributed by atoms with van der Waals surface area (Å²) in [5.41, 5.74) is 2.53. The van der Waals surface area contributed by atoms with E-state index in [9.17, 15) is 24.3 Å². The molecule has 396 valence electrons. The second-order valence-electron chi connectivity index (χ2n) is 22.3. The summed E-state index contributed by atoms with van der Waals surface area (Å²) >= 11 is 0. The second kappa shape index (κ2) is 22.4. The van der Waals surface area contributed by atoms with Crippen molar-refractivity contribution in [3.8, 4) is 0 Å². The van der Waals surface area contributed by atoms with Gasteiger partial charge >= 0.3 is 0 Å². The minimum atomic E-state index is -1.05. The van der Waals surface area contributed by atoms with E-state index in [4.69, 9.17) is 42.6 Å². The normalized spacial score (nSPS) is 42.1. The molecule has 21 atom stereocenters. The number of aliphatic hydroxyl groups is 1. The molecule has 0 aromatic rings. The fourth-order valence-corrected chi connectivity index (χ4v) is 13.2. The van der Waals surface area contributed by atoms with Crippen LogP contribution in [0.25, 0.3) is 0 Å². The number of carbonyl (C=O) groups excluding carboxylic acids is 4. The lowest BCUT2D eigenvalue weighted by atomic mass is 9.81. The largest absolute Gasteiger partial charge is 0.391 e. The molecule has 3 unspecified atom stereocenters. The first-order valence-corrected chi connectivity index (χ1v) is 27.0. The highest BCUT2D eigenvalue weighted by Crippen LogP contribution is 2.54. The first-order valence-electron chi connectivity index (χ1n) is 27.0. The van der Waals surface area contributed by atoms with Gasteiger partial charge in [0, 0.05) is 64.5 Å². The van der Waals surface area contributed by atoms with Crippen LogP contribution in [0.1, 0.15) is 137 Å². The van der Waals surface area contributed by atoms with Gasteiger partial charge in [-0.15, -0.1) is 0 Å². The van der Waals surface area contributed by atoms with Crippen molar-refractivity contribution in [2.75, 3.05) is 13.7 Å². The zero-order valence-corrected chi connectivity index (χ0v) is 42.7. The highest BCUT2D eigenvalue weighted by atomic mass is 16.8. The summed E-state index contributed by atoms with van der Waals surface area (Å²) in [4.78, 5) is 53.7. The number of ketones is 1. The summed E-state index contributed by atoms with van der Waals surface area (Å²) in [5, 5.41) is 19.9. The number of carbonyl (C=O) groups is 4. The number of aliphatic hydroxyl groups excluding tert-OH is 1. The molecular formula is C54H81N3O14. The number of hydrogen-bond acceptors (Lipinski definition) is 14. The Labute approximate surface area is 419 Å². The van der Waals surface area contributed by atoms with E-state index >= 15 is 0 Å². The van der Waals surface area contributed by atoms with Crippen LogP contribution < -0.4 is 16.0 Å². The van der Waals surface area contributed by atoms with Crippen molar-refractivity contribution in [3.05, 3.63) is 36.5 Å². The summed E-state index contributed by atoms with van der Waals surface area (Å²) in [7, 11) is 1.60. The SMILES string of the molecule is C=C(C)[C@H](NC(=O)CC)C(=O)N[C@@H](CCCC)C(=O)NC[C@@H](O)C[C@H]1O[C@H]2C[C@H]3O[C@@H](CC[C@@H]4O[C@@H](CC[C@@]56CC7OC8C(O[C@H]9CC[C@H](CC(=O)C[C@@H]2[C@H]1OC)O[C@@H]9[C@@H]8O5)[C@H]7O6)CC4=C)C[C@@H](C)C3=C. The molecule has 0 aliphatic carbocycles. The van der Waals surface area contributed by atoms with Gasteiger partial charge in [-0.05, 0) is 80.9 Å². The Kier molecular flexibility index (Phi) is 16.6. The van der Waals surface area contributed by atoms with Gasteiger partial charge in [-0.25, -0.2) is 0 Å². The topological polar surface area (TPSA) is 208 Å². The van der Waals surface area contributed by atoms with Crippen LogP contribution >= 0.6 is 0 Å². The minimum Gasteiger partial charge on any atom is -0.391 e. The van der Waals surface area contributed by atoms with Crippen molar-refractivity contribution in [1.82, 2.24) is 16.0 Å². The molecule has 3 amide bonds. The first kappa shape index (κ1) is 52.8. The average Bonchev–Trinajstić information content (AvgIpc) is 4.02. The lowest BCUT2D eigenvalue weighted by Crippen LogP contribution is -2.61. The standard InChI is InChI=1S/C54H81N3O14/c1-9-11-12-37(56-53(62)45(27(3)4)57-44(60)10-2)52(61)55-26-32(59)23-42-46(63-8)36-22-31(58)21-34-14-16-39-47(66-34)51-50-49(68-39)48-43(69-50)25-54(70-48,71-51)18-17-35-20-29(6)38(64-35)15-13-33-19-28(5)30(7)40(65-33)24-41(36)67-42/h28,32-43,45-51,59H,3,6-7,9-26H2,1-2,4-5,8H3,(H,55,61)(H,56,62)(H,57,60)/t28-,32+,33+,34-,35+,36+,37+,38+,39+,40-,41+,42-,43?,45+,46-,47+,48+,49?,50?,51+,54+/m1/s1. The maximum atomic E-state index is 14.5. The molecule has 10 aliphatic heterocycles. The zero-order valence-electron chi connectivity index (χ0n) is 42.7. The van der Waals surface area contributed by atoms with E-state index in [0.717, 1.165) is 56.1 Å². The minimum absolute atomic E-state index is 0.00121. The van der Waals surface area contributed by atoms with Crippen LogP contribution in [0.3, 0.4) is 0 Å². The van der Waals surface area contributed by atoms with Gasteiger partial charge in [0.15, 0.2) is 5.79 Å². The summed E-state index contributed by atoms with van der Waals surface area (Å²) < 4.78 is 60.7. The molecule has 17 nitrogen and oxygen atoms in total. The number of ether oxygens (including phenoxy) is 9. The fraction of sp³-hybridized carbons (Fsp3) is 0.815. The third-order valence-corrected chi connectivity index (χ3v) is 17.1. The van der Waals surface area contributed by atoms with Crippen molar-refractivity contribution >= 4 is 23.5 Å². The van der Waals surface area contributed by atoms with E-state index in [-0.39, 0.29) is 117 Å². The van der Waals surface area contributed by atoms with Crippen molar-refractivity contribution in [1.29, 1.82) is 0 Å². The van der Waals surface area contributed by atoms with Crippen LogP contribution in [-0.4, -0.2) is 158 Å². The van der Waals surface area contributed by atoms with Gasteiger partial charge < -0.3 is 63.7 Å². The van der Waals surface area contributed by atoms with Crippen LogP contribution in [0.2, 0.25) is 0 Å². The van der Waals surface area contributed by atoms with E-state index in [1.165, 1.54) is 0 Å². The van der Waals surface area contributed by atoms with E-state index in [0.29, 0.717) is 44.1 Å². The number of methoxy groups -OCH3 is 1. The Bertz CT molecular complexity index is 2000. The van der Waals surface area contributed by atoms with Crippen LogP contribution in [0.5, 0.6) is 0 Å². The molecule has 10 fully saturated rings. The maximum Gasteiger partial charge on any atom is 0.247 e. The molecule has 0 saturated carbocycles. The molecule has 10 saturated heterocycles. The van der Waals surface area contributed by atoms with Crippen molar-refractivity contribution in [2.45, 2.75) is 252 Å². The van der Waals surface area contributed by atoms with Gasteiger partial charge in [-0.3, -0.25) is 19.2 Å². The Hall–Kier alpha value is -3.10. The highest BCUT2D eigenvalue weighted by Gasteiger charge is 2.69. The predicted octanol–water partition coefficient (Wildman–Crippen LogP) is 4.74. The molecule has 71 heavy (non-hydrogen) atoms. The molecule has 0 aromatic heterocycles. The Morgan fingerprint density at radius 2 is 1.54 bits per heavy atom. The molecular weight excluding hydrogens is 915 g/mol. The molecule has 4 N–H and O–H groups in total. The first-order chi connectivity index (χ1) is 34.0. The van der Waals surface area contributed by atoms with Crippen molar-refractivity contribution < 1.29 is 66.9 Å². The van der Waals surface area contributed by atoms with Crippen LogP contribution in [0.4, 0.5) is 0 Å². The third-order valence-electron chi connectivity index (χ3n) is 17.1. The van der Waals surface area contributed by atoms with Gasteiger partial charge in [0.2, 0.25) is 17.7 Å². The Balaban J connectivity index is 0.907. The Morgan fingerprint density at radius 1 is 0.803 bits per heavy atom. The molecule has 1 spiro atoms. The van der Waals surface area contributed by atoms with Gasteiger partial charge in [-0.2, -0.15) is 0 Å². The monoisotopic (exact) mass is 996 g/mol. The summed E-state index contributed by atoms with van der Waals surface area (Å²) in [6.45, 7) is 20.2. The number of hydrogen-bond donors (Lipinski definition) is 4. The van der Waals surface area contributed by atoms with Crippen molar-refractivity contribution in [3.63, 3.8) is 0 Å². The zero-order chi connectivity index (χ0) is 50.3. The number of amides is 3. The van der Waals surface area contributed by atoms with Gasteiger partial charge in [0.05, 0.1) is 67.1 Å². The van der Waals surface area contributed by atoms with E-state index in [1.54, 1.807) is 21.0 Å². The quantitative estimate of drug-likeness (QED) is 0.174. The molecule has 12 bridgehead atoms. The second-order valence-corrected chi connectivity index (χ2v) is 22.3. The van der Waals surface area contributed by atoms with Gasteiger partial charge in [0.1, 0.15) is 48.4 Å². The molecule has 10 rings (SSSR count). The maximum absolute atomic E-state index is 14.5. The molecule has 10 aliphatic rings. The van der Waals surface area contributed by atoms with Crippen LogP contribution in [-0.2, 0) is 61.8 Å². The molecule has 0 aromatic carbocycles. The van der Waals surface area contributed by atoms with Gasteiger partial charge in [0.25, 0.3) is 0 Å². The highest BCUT2D eigenvalue weighted by molar-refractivity contribution is 5.93. The average molecular weight is 996 g/mol. The van der Waals surface area contributed by atoms with Crippen LogP contribution in [0, 0.1) is 11.8 Å². The number of rotatable bonds is 14. The lowest BCUT2D eigenvalue weighted by molar-refractivity contribution is -0.292. The summed E-state index contributed by atoms with van der Waals surface area (Å²) in [6, 6.07) is -1.89. The number of unbranched alkanes of at least 4 members (excludes halogenated alkanes) is 1. The van der Waals surface area contributed by atoms with Gasteiger partial charge in [-0.1, -0.05) is 53.3 Å². The summed E-state index contributed by atoms with van der Waals surface area (Å²) in [6.07, 6.45) is 4.13. The number of nitrogens with one attached hydrogen (secondary N) is 3. The lowest BCUT2D eigenvalue weighted by Gasteiger charge is -2.47. The van der Waals surface area contributed by atoms with E-state index in [2.05, 4.69) is 42.6 Å². The number of fused-ring (bicyclic) bond motifs is 6.